The quantitative estimate of drug-likeness (QED) is 0.795. The summed E-state index contributed by atoms with van der Waals surface area (Å²) in [7, 11) is 0. The summed E-state index contributed by atoms with van der Waals surface area (Å²) in [5, 5.41) is 9.22. The van der Waals surface area contributed by atoms with Crippen LogP contribution in [0.4, 0.5) is 0 Å². The summed E-state index contributed by atoms with van der Waals surface area (Å²) in [4.78, 5) is 7.41. The summed E-state index contributed by atoms with van der Waals surface area (Å²) in [6, 6.07) is 15.5. The number of halogens is 1. The number of fused-ring (bicyclic) bond motifs is 1. The molecular weight excluding hydrogens is 286 g/mol. The van der Waals surface area contributed by atoms with Gasteiger partial charge in [0, 0.05) is 6.07 Å². The Hall–Kier alpha value is -2.51. The number of nitrogens with one attached hydrogen (secondary N) is 1. The molecule has 3 aromatic rings. The number of hydrogen-bond donors (Lipinski definition) is 1. The number of aromatic nitrogens is 2. The lowest BCUT2D eigenvalue weighted by molar-refractivity contribution is 0.307. The Balaban J connectivity index is 1.85. The zero-order valence-corrected chi connectivity index (χ0v) is 11.9. The molecule has 0 radical (unpaired) electrons. The first-order chi connectivity index (χ1) is 10.3. The van der Waals surface area contributed by atoms with E-state index in [1.165, 1.54) is 0 Å². The Morgan fingerprint density at radius 3 is 2.81 bits per heavy atom. The number of nitriles is 1. The monoisotopic (exact) mass is 297 g/mol. The molecule has 0 aliphatic carbocycles. The predicted octanol–water partition coefficient (Wildman–Crippen LogP) is 3.86. The molecule has 2 aromatic carbocycles. The second-order valence-electron chi connectivity index (χ2n) is 4.59. The highest BCUT2D eigenvalue weighted by Crippen LogP contribution is 2.29. The molecule has 0 aliphatic rings. The van der Waals surface area contributed by atoms with E-state index in [9.17, 15) is 0 Å². The molecule has 0 atom stereocenters. The van der Waals surface area contributed by atoms with Gasteiger partial charge in [-0.05, 0) is 11.6 Å². The van der Waals surface area contributed by atoms with Crippen molar-refractivity contribution in [1.29, 1.82) is 5.26 Å². The van der Waals surface area contributed by atoms with E-state index in [4.69, 9.17) is 21.6 Å². The molecule has 1 N–H and O–H groups in total. The van der Waals surface area contributed by atoms with E-state index < -0.39 is 0 Å². The summed E-state index contributed by atoms with van der Waals surface area (Å²) in [5.41, 5.74) is 2.62. The SMILES string of the molecule is N#CCc1nc2cc(OCc3ccccc3)c(Cl)cc2[nH]1. The fourth-order valence-corrected chi connectivity index (χ4v) is 2.29. The minimum Gasteiger partial charge on any atom is -0.487 e. The van der Waals surface area contributed by atoms with E-state index in [1.54, 1.807) is 12.1 Å². The average molecular weight is 298 g/mol. The molecule has 1 aromatic heterocycles. The van der Waals surface area contributed by atoms with Crippen LogP contribution in [0.5, 0.6) is 5.75 Å². The van der Waals surface area contributed by atoms with Crippen molar-refractivity contribution in [2.75, 3.05) is 0 Å². The van der Waals surface area contributed by atoms with Crippen LogP contribution in [0.25, 0.3) is 11.0 Å². The Bertz CT molecular complexity index is 805. The number of benzene rings is 2. The topological polar surface area (TPSA) is 61.7 Å². The van der Waals surface area contributed by atoms with Crippen LogP contribution in [0.2, 0.25) is 5.02 Å². The largest absolute Gasteiger partial charge is 0.487 e. The van der Waals surface area contributed by atoms with Gasteiger partial charge in [0.15, 0.2) is 0 Å². The smallest absolute Gasteiger partial charge is 0.140 e. The van der Waals surface area contributed by atoms with Gasteiger partial charge < -0.3 is 9.72 Å². The van der Waals surface area contributed by atoms with Crippen molar-refractivity contribution in [3.63, 3.8) is 0 Å². The molecule has 0 amide bonds. The van der Waals surface area contributed by atoms with Crippen LogP contribution in [0.15, 0.2) is 42.5 Å². The first-order valence-corrected chi connectivity index (χ1v) is 6.86. The molecule has 104 valence electrons. The van der Waals surface area contributed by atoms with Gasteiger partial charge in [0.1, 0.15) is 18.2 Å². The highest BCUT2D eigenvalue weighted by molar-refractivity contribution is 6.32. The van der Waals surface area contributed by atoms with Gasteiger partial charge in [0.2, 0.25) is 0 Å². The number of imidazole rings is 1. The molecule has 0 spiro atoms. The molecule has 0 aliphatic heterocycles. The molecule has 0 bridgehead atoms. The lowest BCUT2D eigenvalue weighted by Gasteiger charge is -2.08. The fraction of sp³-hybridized carbons (Fsp3) is 0.125. The van der Waals surface area contributed by atoms with Gasteiger partial charge in [-0.1, -0.05) is 41.9 Å². The molecule has 5 heteroatoms. The molecule has 21 heavy (non-hydrogen) atoms. The van der Waals surface area contributed by atoms with Crippen molar-refractivity contribution in [2.24, 2.45) is 0 Å². The minimum atomic E-state index is 0.243. The van der Waals surface area contributed by atoms with E-state index in [2.05, 4.69) is 16.0 Å². The zero-order valence-electron chi connectivity index (χ0n) is 11.1. The highest BCUT2D eigenvalue weighted by Gasteiger charge is 2.09. The molecular formula is C16H12ClN3O. The third-order valence-electron chi connectivity index (χ3n) is 3.07. The maximum atomic E-state index is 8.70. The van der Waals surface area contributed by atoms with Gasteiger partial charge in [-0.2, -0.15) is 5.26 Å². The van der Waals surface area contributed by atoms with Crippen molar-refractivity contribution in [2.45, 2.75) is 13.0 Å². The Morgan fingerprint density at radius 2 is 2.05 bits per heavy atom. The first-order valence-electron chi connectivity index (χ1n) is 6.48. The van der Waals surface area contributed by atoms with E-state index in [1.807, 2.05) is 30.3 Å². The number of ether oxygens (including phenoxy) is 1. The normalized spacial score (nSPS) is 10.5. The highest BCUT2D eigenvalue weighted by atomic mass is 35.5. The van der Waals surface area contributed by atoms with Crippen molar-refractivity contribution >= 4 is 22.6 Å². The summed E-state index contributed by atoms with van der Waals surface area (Å²) < 4.78 is 5.75. The van der Waals surface area contributed by atoms with Gasteiger partial charge in [0.25, 0.3) is 0 Å². The molecule has 3 rings (SSSR count). The molecule has 0 fully saturated rings. The van der Waals surface area contributed by atoms with Gasteiger partial charge in [-0.25, -0.2) is 4.98 Å². The van der Waals surface area contributed by atoms with Crippen LogP contribution in [0.3, 0.4) is 0 Å². The van der Waals surface area contributed by atoms with Crippen molar-refractivity contribution in [3.05, 3.63) is 58.9 Å². The fourth-order valence-electron chi connectivity index (χ4n) is 2.07. The molecule has 0 unspecified atom stereocenters. The zero-order chi connectivity index (χ0) is 14.7. The number of H-pyrrole nitrogens is 1. The summed E-state index contributed by atoms with van der Waals surface area (Å²) >= 11 is 6.22. The summed E-state index contributed by atoms with van der Waals surface area (Å²) in [6.07, 6.45) is 0.243. The third-order valence-corrected chi connectivity index (χ3v) is 3.36. The van der Waals surface area contributed by atoms with Crippen LogP contribution in [0, 0.1) is 11.3 Å². The second-order valence-corrected chi connectivity index (χ2v) is 5.00. The lowest BCUT2D eigenvalue weighted by atomic mass is 10.2. The van der Waals surface area contributed by atoms with Crippen molar-refractivity contribution < 1.29 is 4.74 Å². The van der Waals surface area contributed by atoms with Crippen molar-refractivity contribution in [1.82, 2.24) is 9.97 Å². The van der Waals surface area contributed by atoms with Gasteiger partial charge in [-0.15, -0.1) is 0 Å². The van der Waals surface area contributed by atoms with E-state index in [0.29, 0.717) is 23.2 Å². The van der Waals surface area contributed by atoms with Crippen LogP contribution < -0.4 is 4.74 Å². The second kappa shape index (κ2) is 5.86. The predicted molar refractivity (Wildman–Crippen MR) is 81.2 cm³/mol. The standard InChI is InChI=1S/C16H12ClN3O/c17-12-8-13-14(20-16(19-13)6-7-18)9-15(12)21-10-11-4-2-1-3-5-11/h1-5,8-9H,6,10H2,(H,19,20). The van der Waals surface area contributed by atoms with Crippen LogP contribution in [-0.4, -0.2) is 9.97 Å². The molecule has 0 saturated heterocycles. The van der Waals surface area contributed by atoms with E-state index in [0.717, 1.165) is 16.6 Å². The van der Waals surface area contributed by atoms with Gasteiger partial charge >= 0.3 is 0 Å². The maximum Gasteiger partial charge on any atom is 0.140 e. The van der Waals surface area contributed by atoms with Gasteiger partial charge in [-0.3, -0.25) is 0 Å². The number of hydrogen-bond acceptors (Lipinski definition) is 3. The van der Waals surface area contributed by atoms with Crippen molar-refractivity contribution in [3.8, 4) is 11.8 Å². The Morgan fingerprint density at radius 1 is 1.24 bits per heavy atom. The number of aromatic amines is 1. The van der Waals surface area contributed by atoms with E-state index in [-0.39, 0.29) is 6.42 Å². The Labute approximate surface area is 127 Å². The first kappa shape index (κ1) is 13.5. The average Bonchev–Trinajstić information content (AvgIpc) is 2.87. The molecule has 1 heterocycles. The lowest BCUT2D eigenvalue weighted by Crippen LogP contribution is -1.95. The van der Waals surface area contributed by atoms with Gasteiger partial charge in [0.05, 0.1) is 28.5 Å². The summed E-state index contributed by atoms with van der Waals surface area (Å²) in [6.45, 7) is 0.446. The maximum absolute atomic E-state index is 8.70. The summed E-state index contributed by atoms with van der Waals surface area (Å²) in [5.74, 6) is 1.21. The van der Waals surface area contributed by atoms with Crippen LogP contribution >= 0.6 is 11.6 Å². The molecule has 0 saturated carbocycles. The number of nitrogens with zero attached hydrogens (tertiary/aromatic N) is 2. The minimum absolute atomic E-state index is 0.243. The van der Waals surface area contributed by atoms with Crippen LogP contribution in [-0.2, 0) is 13.0 Å². The molecule has 4 nitrogen and oxygen atoms in total. The third kappa shape index (κ3) is 2.99. The van der Waals surface area contributed by atoms with E-state index >= 15 is 0 Å². The number of rotatable bonds is 4. The van der Waals surface area contributed by atoms with Crippen LogP contribution in [0.1, 0.15) is 11.4 Å². The Kier molecular flexibility index (Phi) is 3.76.